The Kier molecular flexibility index (Phi) is 11.8. The lowest BCUT2D eigenvalue weighted by molar-refractivity contribution is 0.340. The molecule has 0 radical (unpaired) electrons. The fourth-order valence-corrected chi connectivity index (χ4v) is 2.00. The van der Waals surface area contributed by atoms with E-state index in [1.54, 1.807) is 0 Å². The van der Waals surface area contributed by atoms with Crippen molar-refractivity contribution in [2.75, 3.05) is 13.2 Å². The monoisotopic (exact) mass is 285 g/mol. The van der Waals surface area contributed by atoms with Crippen molar-refractivity contribution in [1.82, 2.24) is 5.32 Å². The average Bonchev–Trinajstić information content (AvgIpc) is 2.39. The molecule has 0 spiro atoms. The van der Waals surface area contributed by atoms with Crippen molar-refractivity contribution in [3.05, 3.63) is 29.8 Å². The second-order valence-electron chi connectivity index (χ2n) is 4.67. The van der Waals surface area contributed by atoms with Gasteiger partial charge in [-0.15, -0.1) is 12.4 Å². The molecule has 0 atom stereocenters. The molecular weight excluding hydrogens is 258 g/mol. The van der Waals surface area contributed by atoms with Gasteiger partial charge in [0.05, 0.1) is 6.61 Å². The van der Waals surface area contributed by atoms with Crippen molar-refractivity contribution in [2.45, 2.75) is 52.5 Å². The van der Waals surface area contributed by atoms with Crippen molar-refractivity contribution in [2.24, 2.45) is 0 Å². The molecular formula is C16H28ClNO. The summed E-state index contributed by atoms with van der Waals surface area (Å²) in [5.41, 5.74) is 1.30. The van der Waals surface area contributed by atoms with Gasteiger partial charge in [-0.25, -0.2) is 0 Å². The summed E-state index contributed by atoms with van der Waals surface area (Å²) >= 11 is 0. The van der Waals surface area contributed by atoms with E-state index in [4.69, 9.17) is 4.74 Å². The molecule has 2 nitrogen and oxygen atoms in total. The highest BCUT2D eigenvalue weighted by molar-refractivity contribution is 5.85. The minimum Gasteiger partial charge on any atom is -0.494 e. The third kappa shape index (κ3) is 8.90. The normalized spacial score (nSPS) is 10.0. The van der Waals surface area contributed by atoms with Gasteiger partial charge in [-0.2, -0.15) is 0 Å². The van der Waals surface area contributed by atoms with Gasteiger partial charge in [-0.05, 0) is 37.6 Å². The molecule has 0 aliphatic carbocycles. The molecule has 1 rings (SSSR count). The molecule has 1 aromatic rings. The molecule has 0 saturated heterocycles. The molecule has 1 N–H and O–H groups in total. The smallest absolute Gasteiger partial charge is 0.119 e. The summed E-state index contributed by atoms with van der Waals surface area (Å²) in [5, 5.41) is 3.49. The number of benzene rings is 1. The number of unbranched alkanes of at least 4 members (excludes halogenated alkanes) is 4. The van der Waals surface area contributed by atoms with Gasteiger partial charge in [-0.1, -0.05) is 44.7 Å². The summed E-state index contributed by atoms with van der Waals surface area (Å²) in [7, 11) is 0. The van der Waals surface area contributed by atoms with Gasteiger partial charge in [0.2, 0.25) is 0 Å². The van der Waals surface area contributed by atoms with Crippen LogP contribution in [0.25, 0.3) is 0 Å². The molecule has 0 aliphatic heterocycles. The Morgan fingerprint density at radius 3 is 2.58 bits per heavy atom. The second-order valence-corrected chi connectivity index (χ2v) is 4.67. The van der Waals surface area contributed by atoms with Crippen LogP contribution in [0.2, 0.25) is 0 Å². The van der Waals surface area contributed by atoms with Gasteiger partial charge < -0.3 is 10.1 Å². The number of hydrogen-bond donors (Lipinski definition) is 1. The van der Waals surface area contributed by atoms with Crippen LogP contribution in [-0.4, -0.2) is 13.2 Å². The van der Waals surface area contributed by atoms with E-state index < -0.39 is 0 Å². The van der Waals surface area contributed by atoms with Crippen LogP contribution in [0.4, 0.5) is 0 Å². The Morgan fingerprint density at radius 2 is 1.84 bits per heavy atom. The van der Waals surface area contributed by atoms with E-state index in [2.05, 4.69) is 30.4 Å². The molecule has 0 bridgehead atoms. The Labute approximate surface area is 124 Å². The SMILES string of the molecule is CCCCCCCNCc1cccc(OCC)c1.Cl. The largest absolute Gasteiger partial charge is 0.494 e. The summed E-state index contributed by atoms with van der Waals surface area (Å²) in [4.78, 5) is 0. The van der Waals surface area contributed by atoms with E-state index in [1.165, 1.54) is 37.7 Å². The first-order chi connectivity index (χ1) is 8.86. The van der Waals surface area contributed by atoms with Crippen LogP contribution < -0.4 is 10.1 Å². The lowest BCUT2D eigenvalue weighted by atomic mass is 10.1. The molecule has 19 heavy (non-hydrogen) atoms. The highest BCUT2D eigenvalue weighted by Gasteiger charge is 1.96. The topological polar surface area (TPSA) is 21.3 Å². The highest BCUT2D eigenvalue weighted by atomic mass is 35.5. The molecule has 3 heteroatoms. The lowest BCUT2D eigenvalue weighted by Gasteiger charge is -2.07. The maximum absolute atomic E-state index is 5.49. The van der Waals surface area contributed by atoms with Gasteiger partial charge in [0.15, 0.2) is 0 Å². The maximum Gasteiger partial charge on any atom is 0.119 e. The van der Waals surface area contributed by atoms with E-state index in [1.807, 2.05) is 13.0 Å². The van der Waals surface area contributed by atoms with Gasteiger partial charge in [0, 0.05) is 6.54 Å². The molecule has 0 saturated carbocycles. The van der Waals surface area contributed by atoms with Crippen molar-refractivity contribution in [3.63, 3.8) is 0 Å². The van der Waals surface area contributed by atoms with Crippen LogP contribution in [0.5, 0.6) is 5.75 Å². The molecule has 0 aliphatic rings. The average molecular weight is 286 g/mol. The van der Waals surface area contributed by atoms with Crippen molar-refractivity contribution in [1.29, 1.82) is 0 Å². The third-order valence-corrected chi connectivity index (χ3v) is 3.00. The number of nitrogens with one attached hydrogen (secondary N) is 1. The molecule has 0 fully saturated rings. The Morgan fingerprint density at radius 1 is 1.05 bits per heavy atom. The fourth-order valence-electron chi connectivity index (χ4n) is 2.00. The molecule has 0 unspecified atom stereocenters. The van der Waals surface area contributed by atoms with E-state index in [0.717, 1.165) is 25.4 Å². The zero-order valence-corrected chi connectivity index (χ0v) is 13.1. The Bertz CT molecular complexity index is 317. The van der Waals surface area contributed by atoms with Crippen LogP contribution in [0.15, 0.2) is 24.3 Å². The first-order valence-electron chi connectivity index (χ1n) is 7.29. The molecule has 0 heterocycles. The summed E-state index contributed by atoms with van der Waals surface area (Å²) in [6.07, 6.45) is 6.69. The summed E-state index contributed by atoms with van der Waals surface area (Å²) in [5.74, 6) is 0.972. The minimum absolute atomic E-state index is 0. The van der Waals surface area contributed by atoms with Gasteiger partial charge in [0.1, 0.15) is 5.75 Å². The number of rotatable bonds is 10. The van der Waals surface area contributed by atoms with Crippen LogP contribution in [0, 0.1) is 0 Å². The lowest BCUT2D eigenvalue weighted by Crippen LogP contribution is -2.14. The van der Waals surface area contributed by atoms with E-state index >= 15 is 0 Å². The van der Waals surface area contributed by atoms with Gasteiger partial charge in [0.25, 0.3) is 0 Å². The molecule has 1 aromatic carbocycles. The predicted octanol–water partition coefficient (Wildman–Crippen LogP) is 4.57. The summed E-state index contributed by atoms with van der Waals surface area (Å²) in [6.45, 7) is 7.05. The van der Waals surface area contributed by atoms with Crippen molar-refractivity contribution >= 4 is 12.4 Å². The first kappa shape index (κ1) is 18.3. The van der Waals surface area contributed by atoms with E-state index in [9.17, 15) is 0 Å². The van der Waals surface area contributed by atoms with Crippen molar-refractivity contribution < 1.29 is 4.74 Å². The molecule has 110 valence electrons. The summed E-state index contributed by atoms with van der Waals surface area (Å²) in [6, 6.07) is 8.33. The fraction of sp³-hybridized carbons (Fsp3) is 0.625. The minimum atomic E-state index is 0. The number of halogens is 1. The zero-order valence-electron chi connectivity index (χ0n) is 12.3. The van der Waals surface area contributed by atoms with Crippen LogP contribution in [0.1, 0.15) is 51.5 Å². The van der Waals surface area contributed by atoms with Crippen LogP contribution in [0.3, 0.4) is 0 Å². The van der Waals surface area contributed by atoms with Gasteiger partial charge >= 0.3 is 0 Å². The molecule has 0 aromatic heterocycles. The van der Waals surface area contributed by atoms with Crippen LogP contribution >= 0.6 is 12.4 Å². The Balaban J connectivity index is 0.00000324. The standard InChI is InChI=1S/C16H27NO.ClH/c1-3-5-6-7-8-12-17-14-15-10-9-11-16(13-15)18-4-2;/h9-11,13,17H,3-8,12,14H2,1-2H3;1H. The van der Waals surface area contributed by atoms with Gasteiger partial charge in [-0.3, -0.25) is 0 Å². The second kappa shape index (κ2) is 12.3. The molecule has 0 amide bonds. The van der Waals surface area contributed by atoms with E-state index in [0.29, 0.717) is 0 Å². The predicted molar refractivity (Wildman–Crippen MR) is 85.3 cm³/mol. The van der Waals surface area contributed by atoms with Crippen molar-refractivity contribution in [3.8, 4) is 5.75 Å². The quantitative estimate of drug-likeness (QED) is 0.636. The van der Waals surface area contributed by atoms with Crippen LogP contribution in [-0.2, 0) is 6.54 Å². The summed E-state index contributed by atoms with van der Waals surface area (Å²) < 4.78 is 5.49. The zero-order chi connectivity index (χ0) is 13.1. The number of ether oxygens (including phenoxy) is 1. The first-order valence-corrected chi connectivity index (χ1v) is 7.29. The third-order valence-electron chi connectivity index (χ3n) is 3.00. The highest BCUT2D eigenvalue weighted by Crippen LogP contribution is 2.13. The Hall–Kier alpha value is -0.730. The van der Waals surface area contributed by atoms with E-state index in [-0.39, 0.29) is 12.4 Å². The maximum atomic E-state index is 5.49. The number of hydrogen-bond acceptors (Lipinski definition) is 2.